The van der Waals surface area contributed by atoms with Gasteiger partial charge in [0.15, 0.2) is 0 Å². The summed E-state index contributed by atoms with van der Waals surface area (Å²) < 4.78 is 6.11. The van der Waals surface area contributed by atoms with Gasteiger partial charge in [0.05, 0.1) is 0 Å². The highest BCUT2D eigenvalue weighted by Crippen LogP contribution is 2.31. The van der Waals surface area contributed by atoms with Gasteiger partial charge in [0.2, 0.25) is 0 Å². The van der Waals surface area contributed by atoms with Crippen molar-refractivity contribution in [2.24, 2.45) is 0 Å². The van der Waals surface area contributed by atoms with Crippen LogP contribution in [0.15, 0.2) is 12.1 Å². The highest BCUT2D eigenvalue weighted by molar-refractivity contribution is 6.31. The molecule has 120 valence electrons. The molecule has 2 nitrogen and oxygen atoms in total. The number of rotatable bonds is 8. The molecule has 0 fully saturated rings. The Kier molecular flexibility index (Phi) is 7.55. The van der Waals surface area contributed by atoms with Crippen LogP contribution in [0, 0.1) is 6.92 Å². The van der Waals surface area contributed by atoms with Crippen LogP contribution in [-0.2, 0) is 0 Å². The number of aryl methyl sites for hydroxylation is 1. The van der Waals surface area contributed by atoms with E-state index in [9.17, 15) is 0 Å². The van der Waals surface area contributed by atoms with Crippen molar-refractivity contribution in [2.75, 3.05) is 6.54 Å². The zero-order chi connectivity index (χ0) is 16.0. The Morgan fingerprint density at radius 2 is 1.76 bits per heavy atom. The molecule has 3 heteroatoms. The molecule has 0 spiro atoms. The summed E-state index contributed by atoms with van der Waals surface area (Å²) >= 11 is 6.31. The van der Waals surface area contributed by atoms with Gasteiger partial charge >= 0.3 is 0 Å². The molecular weight excluding hydrogens is 282 g/mol. The summed E-state index contributed by atoms with van der Waals surface area (Å²) in [7, 11) is 0. The number of benzene rings is 1. The molecule has 0 aliphatic carbocycles. The number of halogens is 1. The van der Waals surface area contributed by atoms with Gasteiger partial charge in [-0.3, -0.25) is 0 Å². The SMILES string of the molecule is CCC(CC)NCC(C)Oc1cc(C(C)C)c(Cl)cc1C. The molecule has 1 unspecified atom stereocenters. The molecule has 0 aromatic heterocycles. The van der Waals surface area contributed by atoms with E-state index in [-0.39, 0.29) is 6.10 Å². The van der Waals surface area contributed by atoms with Crippen LogP contribution in [0.4, 0.5) is 0 Å². The lowest BCUT2D eigenvalue weighted by molar-refractivity contribution is 0.208. The number of hydrogen-bond acceptors (Lipinski definition) is 2. The van der Waals surface area contributed by atoms with Crippen molar-refractivity contribution >= 4 is 11.6 Å². The van der Waals surface area contributed by atoms with Crippen molar-refractivity contribution in [1.82, 2.24) is 5.32 Å². The molecule has 1 aromatic rings. The fraction of sp³-hybridized carbons (Fsp3) is 0.667. The molecular formula is C18H30ClNO. The Morgan fingerprint density at radius 1 is 1.14 bits per heavy atom. The maximum absolute atomic E-state index is 6.31. The van der Waals surface area contributed by atoms with Crippen molar-refractivity contribution in [2.45, 2.75) is 72.4 Å². The second kappa shape index (κ2) is 8.65. The first-order valence-electron chi connectivity index (χ1n) is 8.09. The Hall–Kier alpha value is -0.730. The van der Waals surface area contributed by atoms with E-state index in [0.29, 0.717) is 12.0 Å². The highest BCUT2D eigenvalue weighted by Gasteiger charge is 2.13. The first-order chi connectivity index (χ1) is 9.88. The van der Waals surface area contributed by atoms with E-state index in [0.717, 1.165) is 41.3 Å². The predicted octanol–water partition coefficient (Wildman–Crippen LogP) is 5.32. The molecule has 0 aliphatic rings. The summed E-state index contributed by atoms with van der Waals surface area (Å²) in [6, 6.07) is 4.68. The Balaban J connectivity index is 2.71. The van der Waals surface area contributed by atoms with Gasteiger partial charge in [-0.2, -0.15) is 0 Å². The van der Waals surface area contributed by atoms with Crippen LogP contribution < -0.4 is 10.1 Å². The zero-order valence-electron chi connectivity index (χ0n) is 14.3. The van der Waals surface area contributed by atoms with Crippen molar-refractivity contribution in [3.63, 3.8) is 0 Å². The third kappa shape index (κ3) is 5.52. The minimum atomic E-state index is 0.144. The quantitative estimate of drug-likeness (QED) is 0.701. The number of nitrogens with one attached hydrogen (secondary N) is 1. The Labute approximate surface area is 135 Å². The average Bonchev–Trinajstić information content (AvgIpc) is 2.42. The largest absolute Gasteiger partial charge is 0.489 e. The normalized spacial score (nSPS) is 13.0. The molecule has 0 amide bonds. The Bertz CT molecular complexity index is 441. The Morgan fingerprint density at radius 3 is 2.29 bits per heavy atom. The third-order valence-electron chi connectivity index (χ3n) is 3.92. The summed E-state index contributed by atoms with van der Waals surface area (Å²) in [6.07, 6.45) is 2.45. The van der Waals surface area contributed by atoms with Gasteiger partial charge in [0.25, 0.3) is 0 Å². The molecule has 0 saturated carbocycles. The van der Waals surface area contributed by atoms with Crippen LogP contribution in [-0.4, -0.2) is 18.7 Å². The van der Waals surface area contributed by atoms with Crippen LogP contribution >= 0.6 is 11.6 Å². The van der Waals surface area contributed by atoms with Crippen LogP contribution in [0.2, 0.25) is 5.02 Å². The fourth-order valence-corrected chi connectivity index (χ4v) is 2.84. The average molecular weight is 312 g/mol. The van der Waals surface area contributed by atoms with Gasteiger partial charge in [-0.1, -0.05) is 39.3 Å². The summed E-state index contributed by atoms with van der Waals surface area (Å²) in [5, 5.41) is 4.39. The molecule has 1 rings (SSSR count). The molecule has 1 aromatic carbocycles. The van der Waals surface area contributed by atoms with Crippen molar-refractivity contribution in [3.05, 3.63) is 28.3 Å². The predicted molar refractivity (Wildman–Crippen MR) is 92.7 cm³/mol. The second-order valence-electron chi connectivity index (χ2n) is 6.14. The smallest absolute Gasteiger partial charge is 0.123 e. The first kappa shape index (κ1) is 18.3. The summed E-state index contributed by atoms with van der Waals surface area (Å²) in [5.74, 6) is 1.35. The molecule has 0 radical (unpaired) electrons. The molecule has 21 heavy (non-hydrogen) atoms. The van der Waals surface area contributed by atoms with Gasteiger partial charge < -0.3 is 10.1 Å². The van der Waals surface area contributed by atoms with E-state index in [2.05, 4.69) is 46.0 Å². The first-order valence-corrected chi connectivity index (χ1v) is 8.46. The molecule has 1 N–H and O–H groups in total. The zero-order valence-corrected chi connectivity index (χ0v) is 15.1. The number of ether oxygens (including phenoxy) is 1. The lowest BCUT2D eigenvalue weighted by atomic mass is 10.0. The van der Waals surface area contributed by atoms with E-state index < -0.39 is 0 Å². The maximum atomic E-state index is 6.31. The minimum Gasteiger partial charge on any atom is -0.489 e. The van der Waals surface area contributed by atoms with Gasteiger partial charge in [-0.25, -0.2) is 0 Å². The standard InChI is InChI=1S/C18H30ClNO/c1-7-15(8-2)20-11-14(6)21-18-10-16(12(3)4)17(19)9-13(18)5/h9-10,12,14-15,20H,7-8,11H2,1-6H3. The van der Waals surface area contributed by atoms with Gasteiger partial charge in [0.1, 0.15) is 11.9 Å². The van der Waals surface area contributed by atoms with E-state index in [4.69, 9.17) is 16.3 Å². The lowest BCUT2D eigenvalue weighted by Crippen LogP contribution is -2.36. The van der Waals surface area contributed by atoms with E-state index in [1.54, 1.807) is 0 Å². The van der Waals surface area contributed by atoms with Crippen molar-refractivity contribution in [1.29, 1.82) is 0 Å². The van der Waals surface area contributed by atoms with Crippen molar-refractivity contribution < 1.29 is 4.74 Å². The van der Waals surface area contributed by atoms with Crippen LogP contribution in [0.5, 0.6) is 5.75 Å². The lowest BCUT2D eigenvalue weighted by Gasteiger charge is -2.22. The second-order valence-corrected chi connectivity index (χ2v) is 6.55. The van der Waals surface area contributed by atoms with Crippen molar-refractivity contribution in [3.8, 4) is 5.75 Å². The summed E-state index contributed by atoms with van der Waals surface area (Å²) in [5.41, 5.74) is 2.25. The summed E-state index contributed by atoms with van der Waals surface area (Å²) in [4.78, 5) is 0. The third-order valence-corrected chi connectivity index (χ3v) is 4.25. The van der Waals surface area contributed by atoms with Crippen LogP contribution in [0.25, 0.3) is 0 Å². The molecule has 0 saturated heterocycles. The van der Waals surface area contributed by atoms with Gasteiger partial charge in [-0.15, -0.1) is 0 Å². The topological polar surface area (TPSA) is 21.3 Å². The number of hydrogen-bond donors (Lipinski definition) is 1. The minimum absolute atomic E-state index is 0.144. The highest BCUT2D eigenvalue weighted by atomic mass is 35.5. The van der Waals surface area contributed by atoms with E-state index in [1.807, 2.05) is 13.0 Å². The fourth-order valence-electron chi connectivity index (χ4n) is 2.41. The monoisotopic (exact) mass is 311 g/mol. The molecule has 1 atom stereocenters. The molecule has 0 heterocycles. The molecule has 0 aliphatic heterocycles. The van der Waals surface area contributed by atoms with E-state index >= 15 is 0 Å². The van der Waals surface area contributed by atoms with Gasteiger partial charge in [0, 0.05) is 17.6 Å². The maximum Gasteiger partial charge on any atom is 0.123 e. The van der Waals surface area contributed by atoms with E-state index in [1.165, 1.54) is 0 Å². The summed E-state index contributed by atoms with van der Waals surface area (Å²) in [6.45, 7) is 13.8. The van der Waals surface area contributed by atoms with Crippen LogP contribution in [0.1, 0.15) is 64.5 Å². The van der Waals surface area contributed by atoms with Crippen LogP contribution in [0.3, 0.4) is 0 Å². The molecule has 0 bridgehead atoms. The van der Waals surface area contributed by atoms with Gasteiger partial charge in [-0.05, 0) is 55.9 Å².